The minimum absolute atomic E-state index is 0.0323. The molecule has 1 fully saturated rings. The largest absolute Gasteiger partial charge is 0.344 e. The van der Waals surface area contributed by atoms with Gasteiger partial charge in [0.1, 0.15) is 6.04 Å². The highest BCUT2D eigenvalue weighted by Crippen LogP contribution is 2.12. The fraction of sp³-hybridized carbons (Fsp3) is 0.308. The van der Waals surface area contributed by atoms with E-state index in [1.807, 2.05) is 13.8 Å². The standard InChI is InChI=1S/C13H15N3O3/c1-8(2)10-12(18)16(13(19)14-10)15-11(17)9-6-4-3-5-7-9/h3-8,10H,1-2H3,(H,14,19)(H,15,17). The third-order valence-electron chi connectivity index (χ3n) is 2.88. The molecule has 6 nitrogen and oxygen atoms in total. The number of hydrogen-bond acceptors (Lipinski definition) is 3. The number of amides is 4. The molecular weight excluding hydrogens is 246 g/mol. The zero-order valence-corrected chi connectivity index (χ0v) is 10.7. The van der Waals surface area contributed by atoms with Gasteiger partial charge >= 0.3 is 6.03 Å². The van der Waals surface area contributed by atoms with Gasteiger partial charge in [0.15, 0.2) is 0 Å². The Bertz CT molecular complexity index is 513. The third kappa shape index (κ3) is 2.57. The number of rotatable bonds is 3. The first kappa shape index (κ1) is 13.1. The minimum atomic E-state index is -0.604. The monoisotopic (exact) mass is 261 g/mol. The number of hydrogen-bond donors (Lipinski definition) is 2. The molecule has 1 atom stereocenters. The summed E-state index contributed by atoms with van der Waals surface area (Å²) in [4.78, 5) is 35.5. The quantitative estimate of drug-likeness (QED) is 0.794. The Labute approximate surface area is 110 Å². The number of hydrazine groups is 1. The van der Waals surface area contributed by atoms with Crippen LogP contribution in [0.1, 0.15) is 24.2 Å². The Kier molecular flexibility index (Phi) is 3.50. The Hall–Kier alpha value is -2.37. The lowest BCUT2D eigenvalue weighted by Gasteiger charge is -2.15. The molecule has 1 aliphatic heterocycles. The highest BCUT2D eigenvalue weighted by molar-refractivity contribution is 6.07. The lowest BCUT2D eigenvalue weighted by atomic mass is 10.1. The summed E-state index contributed by atoms with van der Waals surface area (Å²) in [5.74, 6) is -0.965. The molecule has 0 aliphatic carbocycles. The number of carbonyl (C=O) groups excluding carboxylic acids is 3. The van der Waals surface area contributed by atoms with Gasteiger partial charge in [-0.05, 0) is 18.1 Å². The molecule has 1 aromatic rings. The van der Waals surface area contributed by atoms with Gasteiger partial charge in [-0.3, -0.25) is 15.0 Å². The van der Waals surface area contributed by atoms with E-state index in [0.717, 1.165) is 5.01 Å². The maximum atomic E-state index is 12.0. The molecule has 0 aromatic heterocycles. The first-order valence-electron chi connectivity index (χ1n) is 6.01. The van der Waals surface area contributed by atoms with E-state index in [2.05, 4.69) is 10.7 Å². The van der Waals surface area contributed by atoms with Crippen LogP contribution in [0.5, 0.6) is 0 Å². The van der Waals surface area contributed by atoms with Gasteiger partial charge in [-0.25, -0.2) is 4.79 Å². The zero-order valence-electron chi connectivity index (χ0n) is 10.7. The van der Waals surface area contributed by atoms with Crippen LogP contribution in [0, 0.1) is 5.92 Å². The molecule has 2 N–H and O–H groups in total. The van der Waals surface area contributed by atoms with E-state index in [0.29, 0.717) is 5.56 Å². The molecular formula is C13H15N3O3. The number of carbonyl (C=O) groups is 3. The molecule has 1 saturated heterocycles. The molecule has 0 bridgehead atoms. The first-order chi connectivity index (χ1) is 9.00. The molecule has 1 aromatic carbocycles. The Morgan fingerprint density at radius 2 is 1.89 bits per heavy atom. The molecule has 0 spiro atoms. The van der Waals surface area contributed by atoms with Crippen molar-refractivity contribution in [1.82, 2.24) is 15.8 Å². The molecule has 4 amide bonds. The molecule has 6 heteroatoms. The van der Waals surface area contributed by atoms with Gasteiger partial charge in [-0.15, -0.1) is 0 Å². The van der Waals surface area contributed by atoms with E-state index in [1.54, 1.807) is 30.3 Å². The second-order valence-electron chi connectivity index (χ2n) is 4.65. The van der Waals surface area contributed by atoms with Gasteiger partial charge in [0, 0.05) is 5.56 Å². The van der Waals surface area contributed by atoms with E-state index >= 15 is 0 Å². The third-order valence-corrected chi connectivity index (χ3v) is 2.88. The van der Waals surface area contributed by atoms with Crippen molar-refractivity contribution in [2.75, 3.05) is 0 Å². The lowest BCUT2D eigenvalue weighted by Crippen LogP contribution is -2.47. The molecule has 1 aliphatic rings. The summed E-state index contributed by atoms with van der Waals surface area (Å²) in [7, 11) is 0. The summed E-state index contributed by atoms with van der Waals surface area (Å²) >= 11 is 0. The average Bonchev–Trinajstić information content (AvgIpc) is 2.68. The average molecular weight is 261 g/mol. The van der Waals surface area contributed by atoms with Crippen LogP contribution in [0.3, 0.4) is 0 Å². The second-order valence-corrected chi connectivity index (χ2v) is 4.65. The van der Waals surface area contributed by atoms with Crippen LogP contribution in [-0.2, 0) is 4.79 Å². The Morgan fingerprint density at radius 1 is 1.26 bits per heavy atom. The summed E-state index contributed by atoms with van der Waals surface area (Å²) in [6.07, 6.45) is 0. The van der Waals surface area contributed by atoms with Crippen LogP contribution in [0.2, 0.25) is 0 Å². The van der Waals surface area contributed by atoms with Crippen molar-refractivity contribution < 1.29 is 14.4 Å². The topological polar surface area (TPSA) is 78.5 Å². The highest BCUT2D eigenvalue weighted by atomic mass is 16.2. The Balaban J connectivity index is 2.10. The van der Waals surface area contributed by atoms with E-state index in [4.69, 9.17) is 0 Å². The molecule has 19 heavy (non-hydrogen) atoms. The summed E-state index contributed by atoms with van der Waals surface area (Å²) in [6.45, 7) is 3.65. The van der Waals surface area contributed by atoms with Crippen molar-refractivity contribution in [3.05, 3.63) is 35.9 Å². The van der Waals surface area contributed by atoms with E-state index in [-0.39, 0.29) is 5.92 Å². The smallest absolute Gasteiger partial charge is 0.324 e. The maximum Gasteiger partial charge on any atom is 0.344 e. The molecule has 2 rings (SSSR count). The number of nitrogens with zero attached hydrogens (tertiary/aromatic N) is 1. The fourth-order valence-corrected chi connectivity index (χ4v) is 1.81. The normalized spacial score (nSPS) is 18.7. The van der Waals surface area contributed by atoms with Crippen molar-refractivity contribution in [3.63, 3.8) is 0 Å². The van der Waals surface area contributed by atoms with Gasteiger partial charge in [0.25, 0.3) is 11.8 Å². The lowest BCUT2D eigenvalue weighted by molar-refractivity contribution is -0.129. The first-order valence-corrected chi connectivity index (χ1v) is 6.01. The van der Waals surface area contributed by atoms with Crippen LogP contribution < -0.4 is 10.7 Å². The number of nitrogens with one attached hydrogen (secondary N) is 2. The number of urea groups is 1. The van der Waals surface area contributed by atoms with Crippen LogP contribution in [0.4, 0.5) is 4.79 Å². The van der Waals surface area contributed by atoms with Crippen molar-refractivity contribution in [2.45, 2.75) is 19.9 Å². The number of imide groups is 1. The SMILES string of the molecule is CC(C)C1NC(=O)N(NC(=O)c2ccccc2)C1=O. The Morgan fingerprint density at radius 3 is 2.42 bits per heavy atom. The van der Waals surface area contributed by atoms with Crippen LogP contribution >= 0.6 is 0 Å². The van der Waals surface area contributed by atoms with E-state index in [1.165, 1.54) is 0 Å². The van der Waals surface area contributed by atoms with Crippen molar-refractivity contribution in [1.29, 1.82) is 0 Å². The van der Waals surface area contributed by atoms with Crippen LogP contribution in [0.15, 0.2) is 30.3 Å². The number of benzene rings is 1. The van der Waals surface area contributed by atoms with Crippen LogP contribution in [-0.4, -0.2) is 28.9 Å². The predicted octanol–water partition coefficient (Wildman–Crippen LogP) is 0.908. The summed E-state index contributed by atoms with van der Waals surface area (Å²) in [5.41, 5.74) is 2.70. The summed E-state index contributed by atoms with van der Waals surface area (Å²) in [5, 5.41) is 3.27. The van der Waals surface area contributed by atoms with Crippen LogP contribution in [0.25, 0.3) is 0 Å². The predicted molar refractivity (Wildman–Crippen MR) is 67.9 cm³/mol. The summed E-state index contributed by atoms with van der Waals surface area (Å²) < 4.78 is 0. The molecule has 1 unspecified atom stereocenters. The van der Waals surface area contributed by atoms with Gasteiger partial charge < -0.3 is 5.32 Å². The van der Waals surface area contributed by atoms with Crippen molar-refractivity contribution in [3.8, 4) is 0 Å². The second kappa shape index (κ2) is 5.09. The molecule has 0 saturated carbocycles. The zero-order chi connectivity index (χ0) is 14.0. The fourth-order valence-electron chi connectivity index (χ4n) is 1.81. The van der Waals surface area contributed by atoms with Crippen molar-refractivity contribution >= 4 is 17.8 Å². The van der Waals surface area contributed by atoms with E-state index in [9.17, 15) is 14.4 Å². The minimum Gasteiger partial charge on any atom is -0.324 e. The van der Waals surface area contributed by atoms with Gasteiger partial charge in [0.05, 0.1) is 0 Å². The molecule has 1 heterocycles. The molecule has 100 valence electrons. The van der Waals surface area contributed by atoms with Gasteiger partial charge in [-0.2, -0.15) is 5.01 Å². The molecule has 0 radical (unpaired) electrons. The van der Waals surface area contributed by atoms with Gasteiger partial charge in [0.2, 0.25) is 0 Å². The summed E-state index contributed by atoms with van der Waals surface area (Å²) in [6, 6.07) is 7.20. The maximum absolute atomic E-state index is 12.0. The van der Waals surface area contributed by atoms with E-state index < -0.39 is 23.9 Å². The highest BCUT2D eigenvalue weighted by Gasteiger charge is 2.40. The van der Waals surface area contributed by atoms with Crippen molar-refractivity contribution in [2.24, 2.45) is 5.92 Å². The van der Waals surface area contributed by atoms with Gasteiger partial charge in [-0.1, -0.05) is 32.0 Å².